The van der Waals surface area contributed by atoms with Crippen LogP contribution in [0.1, 0.15) is 84.8 Å². The van der Waals surface area contributed by atoms with Crippen molar-refractivity contribution in [3.8, 4) is 5.75 Å². The van der Waals surface area contributed by atoms with E-state index in [4.69, 9.17) is 5.73 Å². The highest BCUT2D eigenvalue weighted by Gasteiger charge is 2.22. The number of rotatable bonds is 12. The second-order valence-corrected chi connectivity index (χ2v) is 10.0. The highest BCUT2D eigenvalue weighted by Crippen LogP contribution is 2.31. The van der Waals surface area contributed by atoms with E-state index in [1.165, 1.54) is 0 Å². The summed E-state index contributed by atoms with van der Waals surface area (Å²) in [6, 6.07) is 5.91. The van der Waals surface area contributed by atoms with Crippen LogP contribution in [0.15, 0.2) is 18.2 Å². The van der Waals surface area contributed by atoms with E-state index in [9.17, 15) is 15.0 Å². The molecule has 0 bridgehead atoms. The molecule has 0 radical (unpaired) electrons. The van der Waals surface area contributed by atoms with Gasteiger partial charge in [-0.25, -0.2) is 0 Å². The van der Waals surface area contributed by atoms with E-state index >= 15 is 0 Å². The van der Waals surface area contributed by atoms with Crippen molar-refractivity contribution in [3.63, 3.8) is 0 Å². The van der Waals surface area contributed by atoms with Crippen LogP contribution in [-0.4, -0.2) is 34.8 Å². The molecule has 0 saturated heterocycles. The minimum Gasteiger partial charge on any atom is -0.508 e. The van der Waals surface area contributed by atoms with Crippen molar-refractivity contribution in [2.24, 2.45) is 17.6 Å². The van der Waals surface area contributed by atoms with Crippen molar-refractivity contribution in [2.75, 3.05) is 6.54 Å². The fourth-order valence-electron chi connectivity index (χ4n) is 3.59. The lowest BCUT2D eigenvalue weighted by molar-refractivity contribution is -0.129. The van der Waals surface area contributed by atoms with Crippen LogP contribution in [0.4, 0.5) is 0 Å². The van der Waals surface area contributed by atoms with E-state index < -0.39 is 6.10 Å². The normalized spacial score (nSPS) is 14.6. The van der Waals surface area contributed by atoms with E-state index in [1.54, 1.807) is 0 Å². The number of phenolic OH excluding ortho intramolecular Hbond substituents is 1. The number of aromatic hydroxyl groups is 1. The SMILES string of the molecule is CCCCNC(=O)[C@@H](O)CC[C@H](N)C[C@H](Cc1ccc(C(C)(C)C)cc1O)C(C)C.Cl. The number of phenols is 1. The topological polar surface area (TPSA) is 95.6 Å². The van der Waals surface area contributed by atoms with Gasteiger partial charge in [0.05, 0.1) is 0 Å². The van der Waals surface area contributed by atoms with Gasteiger partial charge in [0.1, 0.15) is 11.9 Å². The number of benzene rings is 1. The molecule has 1 rings (SSSR count). The van der Waals surface area contributed by atoms with Crippen molar-refractivity contribution in [1.29, 1.82) is 0 Å². The predicted molar refractivity (Wildman–Crippen MR) is 132 cm³/mol. The Hall–Kier alpha value is -1.30. The Bertz CT molecular complexity index is 659. The number of carbonyl (C=O) groups is 1. The molecule has 1 aromatic rings. The molecule has 1 aromatic carbocycles. The quantitative estimate of drug-likeness (QED) is 0.343. The average Bonchev–Trinajstić information content (AvgIpc) is 2.66. The van der Waals surface area contributed by atoms with Crippen LogP contribution in [0.25, 0.3) is 0 Å². The fraction of sp³-hybridized carbons (Fsp3) is 0.720. The molecule has 0 aliphatic carbocycles. The number of carbonyl (C=O) groups excluding carboxylic acids is 1. The Kier molecular flexibility index (Phi) is 13.4. The van der Waals surface area contributed by atoms with E-state index in [0.29, 0.717) is 37.0 Å². The first-order chi connectivity index (χ1) is 14.0. The van der Waals surface area contributed by atoms with Gasteiger partial charge in [0.25, 0.3) is 0 Å². The summed E-state index contributed by atoms with van der Waals surface area (Å²) in [5, 5.41) is 23.4. The number of hydrogen-bond donors (Lipinski definition) is 4. The van der Waals surface area contributed by atoms with E-state index in [2.05, 4.69) is 52.9 Å². The van der Waals surface area contributed by atoms with Crippen molar-refractivity contribution in [1.82, 2.24) is 5.32 Å². The molecule has 31 heavy (non-hydrogen) atoms. The minimum absolute atomic E-state index is 0. The maximum Gasteiger partial charge on any atom is 0.248 e. The summed E-state index contributed by atoms with van der Waals surface area (Å²) in [5.41, 5.74) is 8.42. The maximum absolute atomic E-state index is 11.9. The number of amides is 1. The first-order valence-corrected chi connectivity index (χ1v) is 11.5. The van der Waals surface area contributed by atoms with Gasteiger partial charge in [0.2, 0.25) is 5.91 Å². The second-order valence-electron chi connectivity index (χ2n) is 10.0. The molecule has 5 N–H and O–H groups in total. The first-order valence-electron chi connectivity index (χ1n) is 11.5. The number of hydrogen-bond acceptors (Lipinski definition) is 4. The van der Waals surface area contributed by atoms with Gasteiger partial charge >= 0.3 is 0 Å². The van der Waals surface area contributed by atoms with Crippen molar-refractivity contribution >= 4 is 18.3 Å². The van der Waals surface area contributed by atoms with Crippen molar-refractivity contribution < 1.29 is 15.0 Å². The van der Waals surface area contributed by atoms with Gasteiger partial charge in [0, 0.05) is 12.6 Å². The van der Waals surface area contributed by atoms with E-state index in [0.717, 1.165) is 36.8 Å². The molecule has 1 amide bonds. The first kappa shape index (κ1) is 29.7. The van der Waals surface area contributed by atoms with Gasteiger partial charge in [-0.15, -0.1) is 12.4 Å². The zero-order valence-corrected chi connectivity index (χ0v) is 21.1. The molecule has 0 aliphatic heterocycles. The van der Waals surface area contributed by atoms with Gasteiger partial charge in [-0.2, -0.15) is 0 Å². The number of aliphatic hydroxyl groups excluding tert-OH is 1. The van der Waals surface area contributed by atoms with E-state index in [-0.39, 0.29) is 29.8 Å². The standard InChI is InChI=1S/C25H44N2O3.ClH/c1-7-8-13-27-24(30)22(28)12-11-21(26)15-19(17(2)3)14-18-9-10-20(16-23(18)29)25(4,5)6;/h9-10,16-17,19,21-22,28-29H,7-8,11-15,26H2,1-6H3,(H,27,30);1H/t19-,21-,22-;/m0./s1. The molecule has 0 aliphatic rings. The van der Waals surface area contributed by atoms with Crippen LogP contribution in [0, 0.1) is 11.8 Å². The van der Waals surface area contributed by atoms with Gasteiger partial charge in [-0.05, 0) is 66.5 Å². The molecule has 0 unspecified atom stereocenters. The molecule has 6 heteroatoms. The smallest absolute Gasteiger partial charge is 0.248 e. The lowest BCUT2D eigenvalue weighted by Gasteiger charge is -2.26. The summed E-state index contributed by atoms with van der Waals surface area (Å²) in [7, 11) is 0. The highest BCUT2D eigenvalue weighted by atomic mass is 35.5. The monoisotopic (exact) mass is 456 g/mol. The zero-order chi connectivity index (χ0) is 22.9. The van der Waals surface area contributed by atoms with Gasteiger partial charge in [-0.1, -0.05) is 60.1 Å². The molecule has 0 fully saturated rings. The van der Waals surface area contributed by atoms with Crippen LogP contribution in [0.2, 0.25) is 0 Å². The predicted octanol–water partition coefficient (Wildman–Crippen LogP) is 4.70. The van der Waals surface area contributed by atoms with Gasteiger partial charge in [-0.3, -0.25) is 4.79 Å². The van der Waals surface area contributed by atoms with Crippen LogP contribution in [0.3, 0.4) is 0 Å². The molecule has 0 saturated carbocycles. The summed E-state index contributed by atoms with van der Waals surface area (Å²) in [6.07, 6.45) is 3.45. The number of nitrogens with two attached hydrogens (primary N) is 1. The Balaban J connectivity index is 0.00000900. The minimum atomic E-state index is -1.00. The van der Waals surface area contributed by atoms with E-state index in [1.807, 2.05) is 12.1 Å². The molecule has 3 atom stereocenters. The number of aliphatic hydroxyl groups is 1. The van der Waals surface area contributed by atoms with Crippen molar-refractivity contribution in [3.05, 3.63) is 29.3 Å². The summed E-state index contributed by atoms with van der Waals surface area (Å²) in [5.74, 6) is 0.780. The Morgan fingerprint density at radius 3 is 2.35 bits per heavy atom. The molecule has 180 valence electrons. The molecule has 0 heterocycles. The third-order valence-electron chi connectivity index (χ3n) is 5.92. The Morgan fingerprint density at radius 1 is 1.19 bits per heavy atom. The third-order valence-corrected chi connectivity index (χ3v) is 5.92. The highest BCUT2D eigenvalue weighted by molar-refractivity contribution is 5.85. The van der Waals surface area contributed by atoms with Crippen LogP contribution >= 0.6 is 12.4 Å². The average molecular weight is 457 g/mol. The zero-order valence-electron chi connectivity index (χ0n) is 20.3. The third kappa shape index (κ3) is 10.7. The lowest BCUT2D eigenvalue weighted by Crippen LogP contribution is -2.36. The van der Waals surface area contributed by atoms with Gasteiger partial charge in [0.15, 0.2) is 0 Å². The number of nitrogens with one attached hydrogen (secondary N) is 1. The largest absolute Gasteiger partial charge is 0.508 e. The maximum atomic E-state index is 11.9. The van der Waals surface area contributed by atoms with Crippen LogP contribution < -0.4 is 11.1 Å². The summed E-state index contributed by atoms with van der Waals surface area (Å²) in [4.78, 5) is 11.9. The molecule has 5 nitrogen and oxygen atoms in total. The summed E-state index contributed by atoms with van der Waals surface area (Å²) in [6.45, 7) is 13.4. The Labute approximate surface area is 195 Å². The summed E-state index contributed by atoms with van der Waals surface area (Å²) >= 11 is 0. The van der Waals surface area contributed by atoms with Gasteiger partial charge < -0.3 is 21.3 Å². The summed E-state index contributed by atoms with van der Waals surface area (Å²) < 4.78 is 0. The fourth-order valence-corrected chi connectivity index (χ4v) is 3.59. The molecule has 0 aromatic heterocycles. The number of unbranched alkanes of at least 4 members (excludes halogenated alkanes) is 1. The lowest BCUT2D eigenvalue weighted by atomic mass is 9.81. The van der Waals surface area contributed by atoms with Crippen LogP contribution in [-0.2, 0) is 16.6 Å². The molecular formula is C25H45ClN2O3. The molecule has 0 spiro atoms. The van der Waals surface area contributed by atoms with Crippen molar-refractivity contribution in [2.45, 2.75) is 97.6 Å². The second kappa shape index (κ2) is 14.0. The number of halogens is 1. The Morgan fingerprint density at radius 2 is 1.84 bits per heavy atom. The van der Waals surface area contributed by atoms with Crippen LogP contribution in [0.5, 0.6) is 5.75 Å². The molecular weight excluding hydrogens is 412 g/mol.